The molecule has 0 radical (unpaired) electrons. The maximum atomic E-state index is 11.0. The van der Waals surface area contributed by atoms with Crippen molar-refractivity contribution < 1.29 is 14.6 Å². The van der Waals surface area contributed by atoms with Gasteiger partial charge < -0.3 is 15.2 Å². The lowest BCUT2D eigenvalue weighted by Gasteiger charge is -2.12. The first-order chi connectivity index (χ1) is 10.4. The number of anilines is 1. The van der Waals surface area contributed by atoms with Crippen LogP contribution in [0.1, 0.15) is 21.5 Å². The largest absolute Gasteiger partial charge is 0.494 e. The lowest BCUT2D eigenvalue weighted by Crippen LogP contribution is -2.04. The first-order valence-corrected chi connectivity index (χ1v) is 7.27. The van der Waals surface area contributed by atoms with Gasteiger partial charge in [0.15, 0.2) is 5.75 Å². The molecule has 0 heterocycles. The highest BCUT2D eigenvalue weighted by Gasteiger charge is 2.10. The molecule has 0 aliphatic rings. The van der Waals surface area contributed by atoms with Crippen LogP contribution >= 0.6 is 23.2 Å². The predicted octanol–water partition coefficient (Wildman–Crippen LogP) is 4.62. The lowest BCUT2D eigenvalue weighted by molar-refractivity contribution is 0.0697. The Kier molecular flexibility index (Phi) is 5.16. The molecule has 0 aliphatic carbocycles. The molecule has 0 unspecified atom stereocenters. The van der Waals surface area contributed by atoms with Crippen molar-refractivity contribution in [3.05, 3.63) is 57.1 Å². The minimum Gasteiger partial charge on any atom is -0.494 e. The quantitative estimate of drug-likeness (QED) is 0.834. The number of carbonyl (C=O) groups is 1. The summed E-state index contributed by atoms with van der Waals surface area (Å²) in [5, 5.41) is 13.1. The topological polar surface area (TPSA) is 58.6 Å². The number of hydrogen-bond donors (Lipinski definition) is 2. The molecular formula is C16H15Cl2NO3. The zero-order chi connectivity index (χ0) is 16.3. The Labute approximate surface area is 138 Å². The van der Waals surface area contributed by atoms with Crippen LogP contribution < -0.4 is 10.1 Å². The number of aromatic carboxylic acids is 1. The Morgan fingerprint density at radius 1 is 1.23 bits per heavy atom. The summed E-state index contributed by atoms with van der Waals surface area (Å²) in [5.74, 6) is -0.519. The summed E-state index contributed by atoms with van der Waals surface area (Å²) in [5.41, 5.74) is 2.81. The fraction of sp³-hybridized carbons (Fsp3) is 0.188. The van der Waals surface area contributed by atoms with Crippen molar-refractivity contribution in [3.63, 3.8) is 0 Å². The highest BCUT2D eigenvalue weighted by molar-refractivity contribution is 6.37. The van der Waals surface area contributed by atoms with Gasteiger partial charge in [0.1, 0.15) is 0 Å². The van der Waals surface area contributed by atoms with Crippen LogP contribution in [0.2, 0.25) is 10.0 Å². The van der Waals surface area contributed by atoms with Gasteiger partial charge in [0, 0.05) is 12.2 Å². The summed E-state index contributed by atoms with van der Waals surface area (Å²) < 4.78 is 5.11. The Bertz CT molecular complexity index is 694. The summed E-state index contributed by atoms with van der Waals surface area (Å²) in [6.07, 6.45) is 0. The lowest BCUT2D eigenvalue weighted by atomic mass is 10.1. The third-order valence-corrected chi connectivity index (χ3v) is 3.79. The van der Waals surface area contributed by atoms with Gasteiger partial charge in [-0.1, -0.05) is 29.3 Å². The van der Waals surface area contributed by atoms with Crippen LogP contribution in [0.15, 0.2) is 30.3 Å². The number of nitrogens with one attached hydrogen (secondary N) is 1. The predicted molar refractivity (Wildman–Crippen MR) is 88.5 cm³/mol. The first kappa shape index (κ1) is 16.5. The van der Waals surface area contributed by atoms with Gasteiger partial charge in [0.25, 0.3) is 0 Å². The number of carboxylic acid groups (broad SMARTS) is 1. The molecule has 0 aliphatic heterocycles. The van der Waals surface area contributed by atoms with E-state index in [2.05, 4.69) is 5.32 Å². The average Bonchev–Trinajstić information content (AvgIpc) is 2.46. The third-order valence-electron chi connectivity index (χ3n) is 3.23. The minimum absolute atomic E-state index is 0.235. The average molecular weight is 340 g/mol. The van der Waals surface area contributed by atoms with Crippen LogP contribution in [0.25, 0.3) is 0 Å². The zero-order valence-electron chi connectivity index (χ0n) is 12.1. The van der Waals surface area contributed by atoms with E-state index in [1.54, 1.807) is 30.3 Å². The van der Waals surface area contributed by atoms with Crippen LogP contribution in [0.4, 0.5) is 5.69 Å². The molecule has 2 rings (SSSR count). The second-order valence-electron chi connectivity index (χ2n) is 4.78. The summed E-state index contributed by atoms with van der Waals surface area (Å²) in [6.45, 7) is 2.37. The van der Waals surface area contributed by atoms with Gasteiger partial charge >= 0.3 is 5.97 Å². The number of ether oxygens (including phenoxy) is 1. The first-order valence-electron chi connectivity index (χ1n) is 6.52. The number of halogens is 2. The third kappa shape index (κ3) is 3.64. The molecule has 4 nitrogen and oxygen atoms in total. The second kappa shape index (κ2) is 6.90. The van der Waals surface area contributed by atoms with Gasteiger partial charge in [0.05, 0.1) is 22.7 Å². The number of benzene rings is 2. The van der Waals surface area contributed by atoms with E-state index >= 15 is 0 Å². The van der Waals surface area contributed by atoms with Crippen molar-refractivity contribution in [1.82, 2.24) is 0 Å². The number of rotatable bonds is 5. The van der Waals surface area contributed by atoms with E-state index in [0.717, 1.165) is 16.8 Å². The SMILES string of the molecule is COc1c(Cl)cc(CNc2cc(C(=O)O)ccc2C)cc1Cl. The van der Waals surface area contributed by atoms with Gasteiger partial charge in [-0.3, -0.25) is 0 Å². The minimum atomic E-state index is -0.960. The van der Waals surface area contributed by atoms with Crippen molar-refractivity contribution in [2.24, 2.45) is 0 Å². The molecule has 2 aromatic carbocycles. The van der Waals surface area contributed by atoms with Gasteiger partial charge in [-0.2, -0.15) is 0 Å². The summed E-state index contributed by atoms with van der Waals surface area (Å²) in [6, 6.07) is 8.46. The Hall–Kier alpha value is -1.91. The maximum Gasteiger partial charge on any atom is 0.335 e. The fourth-order valence-corrected chi connectivity index (χ4v) is 2.74. The number of hydrogen-bond acceptors (Lipinski definition) is 3. The van der Waals surface area contributed by atoms with Crippen LogP contribution in [0, 0.1) is 6.92 Å². The normalized spacial score (nSPS) is 10.4. The molecule has 0 aromatic heterocycles. The number of methoxy groups -OCH3 is 1. The molecule has 0 bridgehead atoms. The fourth-order valence-electron chi connectivity index (χ4n) is 2.05. The highest BCUT2D eigenvalue weighted by atomic mass is 35.5. The molecule has 0 amide bonds. The van der Waals surface area contributed by atoms with E-state index < -0.39 is 5.97 Å². The van der Waals surface area contributed by atoms with Gasteiger partial charge in [-0.05, 0) is 42.3 Å². The molecular weight excluding hydrogens is 325 g/mol. The zero-order valence-corrected chi connectivity index (χ0v) is 13.6. The summed E-state index contributed by atoms with van der Waals surface area (Å²) >= 11 is 12.2. The van der Waals surface area contributed by atoms with Crippen molar-refractivity contribution >= 4 is 34.9 Å². The number of carboxylic acids is 1. The van der Waals surface area contributed by atoms with E-state index in [9.17, 15) is 4.79 Å². The monoisotopic (exact) mass is 339 g/mol. The molecule has 0 spiro atoms. The second-order valence-corrected chi connectivity index (χ2v) is 5.60. The molecule has 0 atom stereocenters. The van der Waals surface area contributed by atoms with Gasteiger partial charge in [-0.15, -0.1) is 0 Å². The highest BCUT2D eigenvalue weighted by Crippen LogP contribution is 2.34. The Balaban J connectivity index is 2.20. The molecule has 116 valence electrons. The van der Waals surface area contributed by atoms with Crippen molar-refractivity contribution in [1.29, 1.82) is 0 Å². The smallest absolute Gasteiger partial charge is 0.335 e. The van der Waals surface area contributed by atoms with Crippen molar-refractivity contribution in [2.45, 2.75) is 13.5 Å². The van der Waals surface area contributed by atoms with E-state index in [0.29, 0.717) is 22.3 Å². The van der Waals surface area contributed by atoms with Crippen molar-refractivity contribution in [2.75, 3.05) is 12.4 Å². The van der Waals surface area contributed by atoms with Crippen LogP contribution in [-0.2, 0) is 6.54 Å². The maximum absolute atomic E-state index is 11.0. The molecule has 0 fully saturated rings. The standard InChI is InChI=1S/C16H15Cl2NO3/c1-9-3-4-11(16(20)21)7-14(9)19-8-10-5-12(17)15(22-2)13(18)6-10/h3-7,19H,8H2,1-2H3,(H,20,21). The molecule has 0 saturated carbocycles. The van der Waals surface area contributed by atoms with Gasteiger partial charge in [-0.25, -0.2) is 4.79 Å². The van der Waals surface area contributed by atoms with E-state index in [1.165, 1.54) is 7.11 Å². The molecule has 6 heteroatoms. The van der Waals surface area contributed by atoms with E-state index in [1.807, 2.05) is 6.92 Å². The molecule has 2 N–H and O–H groups in total. The number of aryl methyl sites for hydroxylation is 1. The summed E-state index contributed by atoms with van der Waals surface area (Å²) in [7, 11) is 1.51. The van der Waals surface area contributed by atoms with E-state index in [4.69, 9.17) is 33.0 Å². The van der Waals surface area contributed by atoms with Crippen LogP contribution in [0.5, 0.6) is 5.75 Å². The Morgan fingerprint density at radius 3 is 2.41 bits per heavy atom. The molecule has 2 aromatic rings. The van der Waals surface area contributed by atoms with Crippen LogP contribution in [0.3, 0.4) is 0 Å². The molecule has 22 heavy (non-hydrogen) atoms. The van der Waals surface area contributed by atoms with Crippen molar-refractivity contribution in [3.8, 4) is 5.75 Å². The van der Waals surface area contributed by atoms with Crippen LogP contribution in [-0.4, -0.2) is 18.2 Å². The Morgan fingerprint density at radius 2 is 1.86 bits per heavy atom. The van der Waals surface area contributed by atoms with Gasteiger partial charge in [0.2, 0.25) is 0 Å². The van der Waals surface area contributed by atoms with E-state index in [-0.39, 0.29) is 5.56 Å². The summed E-state index contributed by atoms with van der Waals surface area (Å²) in [4.78, 5) is 11.0. The molecule has 0 saturated heterocycles.